The molecule has 0 N–H and O–H groups in total. The molecule has 124 valence electrons. The van der Waals surface area contributed by atoms with Crippen LogP contribution in [0.2, 0.25) is 0 Å². The van der Waals surface area contributed by atoms with Gasteiger partial charge in [0.1, 0.15) is 0 Å². The molecule has 1 aromatic heterocycles. The van der Waals surface area contributed by atoms with Crippen molar-refractivity contribution in [1.29, 1.82) is 0 Å². The van der Waals surface area contributed by atoms with Crippen LogP contribution < -0.4 is 0 Å². The fourth-order valence-corrected chi connectivity index (χ4v) is 2.46. The lowest BCUT2D eigenvalue weighted by atomic mass is 10.1. The first-order valence-corrected chi connectivity index (χ1v) is 8.24. The standard InChI is InChI=1S/C18H25N3O2/c1-4-9-16-19-17(23-20-16)12-8-13-18(22)21(3)14(2)15-10-6-5-7-11-15/h5-7,10-11,14H,4,8-9,12-13H2,1-3H3. The Morgan fingerprint density at radius 3 is 2.70 bits per heavy atom. The van der Waals surface area contributed by atoms with Gasteiger partial charge in [0.25, 0.3) is 0 Å². The van der Waals surface area contributed by atoms with E-state index >= 15 is 0 Å². The van der Waals surface area contributed by atoms with Crippen LogP contribution in [-0.2, 0) is 17.6 Å². The van der Waals surface area contributed by atoms with Gasteiger partial charge in [0, 0.05) is 26.3 Å². The predicted molar refractivity (Wildman–Crippen MR) is 88.9 cm³/mol. The van der Waals surface area contributed by atoms with E-state index in [2.05, 4.69) is 17.1 Å². The summed E-state index contributed by atoms with van der Waals surface area (Å²) in [5.74, 6) is 1.51. The number of hydrogen-bond donors (Lipinski definition) is 0. The van der Waals surface area contributed by atoms with E-state index in [9.17, 15) is 4.79 Å². The number of nitrogens with zero attached hydrogens (tertiary/aromatic N) is 3. The monoisotopic (exact) mass is 315 g/mol. The van der Waals surface area contributed by atoms with E-state index in [4.69, 9.17) is 4.52 Å². The summed E-state index contributed by atoms with van der Waals surface area (Å²) in [4.78, 5) is 18.4. The average Bonchev–Trinajstić information content (AvgIpc) is 3.02. The van der Waals surface area contributed by atoms with Crippen LogP contribution in [0.1, 0.15) is 56.4 Å². The molecule has 0 fully saturated rings. The Balaban J connectivity index is 1.79. The van der Waals surface area contributed by atoms with E-state index < -0.39 is 0 Å². The number of carbonyl (C=O) groups excluding carboxylic acids is 1. The number of hydrogen-bond acceptors (Lipinski definition) is 4. The quantitative estimate of drug-likeness (QED) is 0.747. The normalized spacial score (nSPS) is 12.1. The molecule has 1 atom stereocenters. The number of aryl methyl sites for hydroxylation is 2. The largest absolute Gasteiger partial charge is 0.339 e. The third-order valence-corrected chi connectivity index (χ3v) is 4.02. The minimum Gasteiger partial charge on any atom is -0.339 e. The van der Waals surface area contributed by atoms with Gasteiger partial charge in [-0.1, -0.05) is 42.4 Å². The first kappa shape index (κ1) is 17.2. The summed E-state index contributed by atoms with van der Waals surface area (Å²) in [7, 11) is 1.85. The summed E-state index contributed by atoms with van der Waals surface area (Å²) in [6.45, 7) is 4.13. The predicted octanol–water partition coefficient (Wildman–Crippen LogP) is 3.56. The molecule has 0 aliphatic rings. The van der Waals surface area contributed by atoms with Crippen LogP contribution in [0.5, 0.6) is 0 Å². The third kappa shape index (κ3) is 4.91. The summed E-state index contributed by atoms with van der Waals surface area (Å²) in [5.41, 5.74) is 1.14. The van der Waals surface area contributed by atoms with E-state index in [1.54, 1.807) is 4.90 Å². The van der Waals surface area contributed by atoms with Gasteiger partial charge in [0.05, 0.1) is 6.04 Å². The van der Waals surface area contributed by atoms with Crippen molar-refractivity contribution in [2.45, 2.75) is 52.0 Å². The Bertz CT molecular complexity index is 610. The fourth-order valence-electron chi connectivity index (χ4n) is 2.46. The second-order valence-electron chi connectivity index (χ2n) is 5.80. The Kier molecular flexibility index (Phi) is 6.32. The molecule has 0 spiro atoms. The number of carbonyl (C=O) groups is 1. The van der Waals surface area contributed by atoms with Crippen LogP contribution in [0.3, 0.4) is 0 Å². The number of rotatable bonds is 8. The van der Waals surface area contributed by atoms with Crippen molar-refractivity contribution in [2.75, 3.05) is 7.05 Å². The highest BCUT2D eigenvalue weighted by molar-refractivity contribution is 5.76. The van der Waals surface area contributed by atoms with E-state index in [-0.39, 0.29) is 11.9 Å². The molecular weight excluding hydrogens is 290 g/mol. The molecule has 0 bridgehead atoms. The van der Waals surface area contributed by atoms with Gasteiger partial charge in [0.2, 0.25) is 11.8 Å². The minimum atomic E-state index is 0.0725. The Morgan fingerprint density at radius 2 is 2.00 bits per heavy atom. The lowest BCUT2D eigenvalue weighted by Gasteiger charge is -2.25. The molecule has 5 nitrogen and oxygen atoms in total. The van der Waals surface area contributed by atoms with Crippen molar-refractivity contribution < 1.29 is 9.32 Å². The molecule has 1 amide bonds. The maximum absolute atomic E-state index is 12.3. The SMILES string of the molecule is CCCc1noc(CCCC(=O)N(C)C(C)c2ccccc2)n1. The lowest BCUT2D eigenvalue weighted by Crippen LogP contribution is -2.29. The second kappa shape index (κ2) is 8.46. The molecule has 0 saturated heterocycles. The summed E-state index contributed by atoms with van der Waals surface area (Å²) in [6, 6.07) is 10.1. The lowest BCUT2D eigenvalue weighted by molar-refractivity contribution is -0.131. The van der Waals surface area contributed by atoms with Crippen LogP contribution in [0.4, 0.5) is 0 Å². The Labute approximate surface area is 137 Å². The summed E-state index contributed by atoms with van der Waals surface area (Å²) in [6.07, 6.45) is 3.69. The van der Waals surface area contributed by atoms with Crippen molar-refractivity contribution >= 4 is 5.91 Å². The summed E-state index contributed by atoms with van der Waals surface area (Å²) < 4.78 is 5.19. The van der Waals surface area contributed by atoms with Crippen LogP contribution in [-0.4, -0.2) is 28.0 Å². The first-order valence-electron chi connectivity index (χ1n) is 8.24. The molecule has 1 unspecified atom stereocenters. The van der Waals surface area contributed by atoms with Gasteiger partial charge in [-0.3, -0.25) is 4.79 Å². The van der Waals surface area contributed by atoms with Gasteiger partial charge in [-0.2, -0.15) is 4.98 Å². The highest BCUT2D eigenvalue weighted by atomic mass is 16.5. The minimum absolute atomic E-state index is 0.0725. The molecule has 5 heteroatoms. The smallest absolute Gasteiger partial charge is 0.226 e. The van der Waals surface area contributed by atoms with E-state index in [0.29, 0.717) is 18.7 Å². The molecule has 23 heavy (non-hydrogen) atoms. The molecule has 0 saturated carbocycles. The van der Waals surface area contributed by atoms with Gasteiger partial charge in [-0.05, 0) is 25.3 Å². The zero-order chi connectivity index (χ0) is 16.7. The fraction of sp³-hybridized carbons (Fsp3) is 0.500. The van der Waals surface area contributed by atoms with Gasteiger partial charge in [-0.15, -0.1) is 0 Å². The molecule has 0 radical (unpaired) electrons. The van der Waals surface area contributed by atoms with Crippen LogP contribution in [0.25, 0.3) is 0 Å². The van der Waals surface area contributed by atoms with Gasteiger partial charge < -0.3 is 9.42 Å². The second-order valence-corrected chi connectivity index (χ2v) is 5.80. The van der Waals surface area contributed by atoms with Gasteiger partial charge in [0.15, 0.2) is 5.82 Å². The van der Waals surface area contributed by atoms with Crippen molar-refractivity contribution in [2.24, 2.45) is 0 Å². The molecule has 2 rings (SSSR count). The molecule has 0 aliphatic heterocycles. The molecule has 2 aromatic rings. The van der Waals surface area contributed by atoms with Crippen molar-refractivity contribution in [1.82, 2.24) is 15.0 Å². The first-order chi connectivity index (χ1) is 11.1. The van der Waals surface area contributed by atoms with Crippen LogP contribution >= 0.6 is 0 Å². The zero-order valence-electron chi connectivity index (χ0n) is 14.2. The topological polar surface area (TPSA) is 59.2 Å². The van der Waals surface area contributed by atoms with E-state index in [0.717, 1.165) is 30.7 Å². The number of amides is 1. The van der Waals surface area contributed by atoms with E-state index in [1.165, 1.54) is 0 Å². The number of aromatic nitrogens is 2. The van der Waals surface area contributed by atoms with E-state index in [1.807, 2.05) is 44.3 Å². The molecular formula is C18H25N3O2. The maximum Gasteiger partial charge on any atom is 0.226 e. The maximum atomic E-state index is 12.3. The van der Waals surface area contributed by atoms with Crippen molar-refractivity contribution in [3.8, 4) is 0 Å². The summed E-state index contributed by atoms with van der Waals surface area (Å²) >= 11 is 0. The van der Waals surface area contributed by atoms with Crippen molar-refractivity contribution in [3.05, 3.63) is 47.6 Å². The zero-order valence-corrected chi connectivity index (χ0v) is 14.2. The van der Waals surface area contributed by atoms with Gasteiger partial charge in [-0.25, -0.2) is 0 Å². The Hall–Kier alpha value is -2.17. The average molecular weight is 315 g/mol. The van der Waals surface area contributed by atoms with Gasteiger partial charge >= 0.3 is 0 Å². The highest BCUT2D eigenvalue weighted by Gasteiger charge is 2.17. The molecule has 0 aliphatic carbocycles. The number of benzene rings is 1. The van der Waals surface area contributed by atoms with Crippen LogP contribution in [0, 0.1) is 0 Å². The summed E-state index contributed by atoms with van der Waals surface area (Å²) in [5, 5.41) is 3.93. The third-order valence-electron chi connectivity index (χ3n) is 4.02. The molecule has 1 heterocycles. The van der Waals surface area contributed by atoms with Crippen molar-refractivity contribution in [3.63, 3.8) is 0 Å². The van der Waals surface area contributed by atoms with Crippen LogP contribution in [0.15, 0.2) is 34.9 Å². The Morgan fingerprint density at radius 1 is 1.26 bits per heavy atom. The highest BCUT2D eigenvalue weighted by Crippen LogP contribution is 2.19. The molecule has 1 aromatic carbocycles.